The van der Waals surface area contributed by atoms with Crippen LogP contribution in [0.4, 0.5) is 4.79 Å². The van der Waals surface area contributed by atoms with Gasteiger partial charge in [0.1, 0.15) is 18.7 Å². The number of ether oxygens (including phenoxy) is 1. The molecule has 5 rings (SSSR count). The molecule has 3 N–H and O–H groups in total. The van der Waals surface area contributed by atoms with Gasteiger partial charge in [0.25, 0.3) is 0 Å². The zero-order chi connectivity index (χ0) is 21.5. The molecule has 8 heteroatoms. The first-order chi connectivity index (χ1) is 15.1. The summed E-state index contributed by atoms with van der Waals surface area (Å²) in [6, 6.07) is 14.3. The molecule has 8 nitrogen and oxygen atoms in total. The second-order valence-electron chi connectivity index (χ2n) is 8.15. The minimum absolute atomic E-state index is 0.0364. The van der Waals surface area contributed by atoms with E-state index in [0.717, 1.165) is 22.3 Å². The number of aliphatic hydroxyl groups excluding tert-OH is 1. The Morgan fingerprint density at radius 2 is 1.74 bits per heavy atom. The Kier molecular flexibility index (Phi) is 4.86. The summed E-state index contributed by atoms with van der Waals surface area (Å²) < 4.78 is 5.56. The number of carbonyl (C=O) groups is 3. The highest BCUT2D eigenvalue weighted by molar-refractivity contribution is 5.97. The third-order valence-corrected chi connectivity index (χ3v) is 6.35. The van der Waals surface area contributed by atoms with Crippen LogP contribution in [0.5, 0.6) is 0 Å². The maximum atomic E-state index is 12.5. The third-order valence-electron chi connectivity index (χ3n) is 6.35. The summed E-state index contributed by atoms with van der Waals surface area (Å²) in [5, 5.41) is 14.6. The van der Waals surface area contributed by atoms with Crippen molar-refractivity contribution in [2.75, 3.05) is 19.8 Å². The molecule has 1 aliphatic carbocycles. The molecule has 2 aromatic carbocycles. The van der Waals surface area contributed by atoms with Crippen molar-refractivity contribution in [1.82, 2.24) is 15.5 Å². The van der Waals surface area contributed by atoms with E-state index in [1.54, 1.807) is 0 Å². The summed E-state index contributed by atoms with van der Waals surface area (Å²) in [6.07, 6.45) is -0.252. The maximum Gasteiger partial charge on any atom is 0.407 e. The molecule has 2 aliphatic heterocycles. The lowest BCUT2D eigenvalue weighted by Gasteiger charge is -2.33. The molecule has 160 valence electrons. The van der Waals surface area contributed by atoms with Crippen LogP contribution in [-0.2, 0) is 14.3 Å². The first-order valence-electron chi connectivity index (χ1n) is 10.4. The van der Waals surface area contributed by atoms with Gasteiger partial charge in [-0.15, -0.1) is 0 Å². The number of nitrogens with one attached hydrogen (secondary N) is 2. The van der Waals surface area contributed by atoms with E-state index in [2.05, 4.69) is 34.9 Å². The van der Waals surface area contributed by atoms with E-state index in [9.17, 15) is 19.5 Å². The summed E-state index contributed by atoms with van der Waals surface area (Å²) in [5.74, 6) is -0.676. The van der Waals surface area contributed by atoms with Gasteiger partial charge in [-0.25, -0.2) is 4.79 Å². The largest absolute Gasteiger partial charge is 0.449 e. The van der Waals surface area contributed by atoms with Crippen LogP contribution in [-0.4, -0.2) is 65.8 Å². The fourth-order valence-corrected chi connectivity index (χ4v) is 4.89. The summed E-state index contributed by atoms with van der Waals surface area (Å²) >= 11 is 0. The quantitative estimate of drug-likeness (QED) is 0.682. The number of amides is 3. The Labute approximate surface area is 179 Å². The number of rotatable bonds is 4. The number of fused-ring (bicyclic) bond motifs is 4. The predicted molar refractivity (Wildman–Crippen MR) is 111 cm³/mol. The number of alkyl carbamates (subject to hydrolysis) is 1. The van der Waals surface area contributed by atoms with Gasteiger partial charge in [0.15, 0.2) is 0 Å². The van der Waals surface area contributed by atoms with Gasteiger partial charge in [-0.1, -0.05) is 48.5 Å². The zero-order valence-electron chi connectivity index (χ0n) is 16.8. The summed E-state index contributed by atoms with van der Waals surface area (Å²) in [7, 11) is 0. The smallest absolute Gasteiger partial charge is 0.407 e. The van der Waals surface area contributed by atoms with Crippen molar-refractivity contribution < 1.29 is 24.2 Å². The molecule has 3 atom stereocenters. The molecule has 0 spiro atoms. The van der Waals surface area contributed by atoms with Gasteiger partial charge in [-0.05, 0) is 28.7 Å². The fraction of sp³-hybridized carbons (Fsp3) is 0.348. The predicted octanol–water partition coefficient (Wildman–Crippen LogP) is 0.985. The van der Waals surface area contributed by atoms with Crippen LogP contribution in [0.1, 0.15) is 23.5 Å². The molecule has 31 heavy (non-hydrogen) atoms. The van der Waals surface area contributed by atoms with Crippen molar-refractivity contribution in [3.63, 3.8) is 0 Å². The average molecular weight is 421 g/mol. The molecule has 0 bridgehead atoms. The Balaban J connectivity index is 1.23. The van der Waals surface area contributed by atoms with E-state index in [1.165, 1.54) is 4.90 Å². The molecule has 0 aromatic heterocycles. The number of hydrogen-bond donors (Lipinski definition) is 3. The maximum absolute atomic E-state index is 12.5. The average Bonchev–Trinajstić information content (AvgIpc) is 3.35. The highest BCUT2D eigenvalue weighted by Gasteiger charge is 2.46. The molecule has 2 fully saturated rings. The minimum atomic E-state index is -0.919. The topological polar surface area (TPSA) is 108 Å². The number of piperazine rings is 1. The molecule has 0 radical (unpaired) electrons. The summed E-state index contributed by atoms with van der Waals surface area (Å²) in [6.45, 7) is -0.0262. The van der Waals surface area contributed by atoms with Gasteiger partial charge in [0, 0.05) is 12.5 Å². The van der Waals surface area contributed by atoms with Crippen LogP contribution in [0, 0.1) is 0 Å². The van der Waals surface area contributed by atoms with Crippen molar-refractivity contribution >= 4 is 17.9 Å². The van der Waals surface area contributed by atoms with Crippen LogP contribution in [0.3, 0.4) is 0 Å². The fourth-order valence-electron chi connectivity index (χ4n) is 4.89. The van der Waals surface area contributed by atoms with E-state index in [-0.39, 0.29) is 36.9 Å². The number of nitrogens with zero attached hydrogens (tertiary/aromatic N) is 1. The number of benzene rings is 2. The lowest BCUT2D eigenvalue weighted by Crippen LogP contribution is -2.62. The zero-order valence-corrected chi connectivity index (χ0v) is 16.8. The van der Waals surface area contributed by atoms with Gasteiger partial charge in [-0.3, -0.25) is 9.59 Å². The molecule has 0 saturated carbocycles. The van der Waals surface area contributed by atoms with Crippen LogP contribution < -0.4 is 10.6 Å². The number of aliphatic hydroxyl groups is 1. The second kappa shape index (κ2) is 7.70. The lowest BCUT2D eigenvalue weighted by molar-refractivity contribution is -0.148. The molecule has 2 saturated heterocycles. The SMILES string of the molecule is O=C(N[C@H]1C[C@H]2C(=O)N[C@@H](CO)C(=O)N2C1)OCC1c2ccccc2-c2ccccc21. The van der Waals surface area contributed by atoms with Gasteiger partial charge in [-0.2, -0.15) is 0 Å². The third kappa shape index (κ3) is 3.33. The lowest BCUT2D eigenvalue weighted by atomic mass is 9.98. The Bertz CT molecular complexity index is 1010. The van der Waals surface area contributed by atoms with E-state index in [4.69, 9.17) is 4.74 Å². The van der Waals surface area contributed by atoms with E-state index >= 15 is 0 Å². The molecular formula is C23H23N3O5. The van der Waals surface area contributed by atoms with Crippen LogP contribution >= 0.6 is 0 Å². The van der Waals surface area contributed by atoms with E-state index in [0.29, 0.717) is 6.42 Å². The van der Waals surface area contributed by atoms with Crippen LogP contribution in [0.25, 0.3) is 11.1 Å². The van der Waals surface area contributed by atoms with Gasteiger partial charge in [0.2, 0.25) is 11.8 Å². The normalized spacial score (nSPS) is 24.3. The van der Waals surface area contributed by atoms with Gasteiger partial charge >= 0.3 is 6.09 Å². The molecule has 2 aromatic rings. The molecule has 3 amide bonds. The highest BCUT2D eigenvalue weighted by atomic mass is 16.5. The van der Waals surface area contributed by atoms with E-state index < -0.39 is 24.8 Å². The monoisotopic (exact) mass is 421 g/mol. The molecule has 0 unspecified atom stereocenters. The van der Waals surface area contributed by atoms with Crippen molar-refractivity contribution in [3.05, 3.63) is 59.7 Å². The number of hydrogen-bond acceptors (Lipinski definition) is 5. The van der Waals surface area contributed by atoms with Crippen molar-refractivity contribution in [3.8, 4) is 11.1 Å². The van der Waals surface area contributed by atoms with Crippen molar-refractivity contribution in [2.45, 2.75) is 30.5 Å². The van der Waals surface area contributed by atoms with Crippen LogP contribution in [0.2, 0.25) is 0 Å². The first-order valence-corrected chi connectivity index (χ1v) is 10.4. The minimum Gasteiger partial charge on any atom is -0.449 e. The Morgan fingerprint density at radius 1 is 1.10 bits per heavy atom. The molecule has 2 heterocycles. The molecule has 3 aliphatic rings. The highest BCUT2D eigenvalue weighted by Crippen LogP contribution is 2.44. The van der Waals surface area contributed by atoms with Gasteiger partial charge in [0.05, 0.1) is 12.6 Å². The summed E-state index contributed by atoms with van der Waals surface area (Å²) in [4.78, 5) is 38.5. The van der Waals surface area contributed by atoms with E-state index in [1.807, 2.05) is 24.3 Å². The van der Waals surface area contributed by atoms with Crippen molar-refractivity contribution in [2.24, 2.45) is 0 Å². The number of carbonyl (C=O) groups excluding carboxylic acids is 3. The Hall–Kier alpha value is -3.39. The Morgan fingerprint density at radius 3 is 2.39 bits per heavy atom. The molecular weight excluding hydrogens is 398 g/mol. The summed E-state index contributed by atoms with van der Waals surface area (Å²) in [5.41, 5.74) is 4.57. The van der Waals surface area contributed by atoms with Gasteiger partial charge < -0.3 is 25.4 Å². The standard InChI is InChI=1S/C23H23N3O5/c27-11-19-22(29)26-10-13(9-20(26)21(28)25-19)24-23(30)31-12-18-16-7-3-1-5-14(16)15-6-2-4-8-17(15)18/h1-8,13,18-20,27H,9-12H2,(H,24,30)(H,25,28)/t13-,19-,20-/m0/s1. The van der Waals surface area contributed by atoms with Crippen LogP contribution in [0.15, 0.2) is 48.5 Å². The first kappa shape index (κ1) is 19.6. The second-order valence-corrected chi connectivity index (χ2v) is 8.15. The van der Waals surface area contributed by atoms with Crippen molar-refractivity contribution in [1.29, 1.82) is 0 Å².